The molecule has 0 unspecified atom stereocenters. The lowest BCUT2D eigenvalue weighted by molar-refractivity contribution is 0.436. The van der Waals surface area contributed by atoms with E-state index < -0.39 is 10.5 Å². The minimum absolute atomic E-state index is 0.604. The second-order valence-corrected chi connectivity index (χ2v) is 2.31. The number of rotatable bonds is 1. The Bertz CT molecular complexity index is 104. The lowest BCUT2D eigenvalue weighted by Gasteiger charge is -1.97. The minimum atomic E-state index is -3.88. The van der Waals surface area contributed by atoms with Crippen LogP contribution in [0.1, 0.15) is 0 Å². The molecular weight excluding hydrogens is 128 g/mol. The van der Waals surface area contributed by atoms with E-state index in [1.807, 2.05) is 0 Å². The first-order chi connectivity index (χ1) is 3.56. The Morgan fingerprint density at radius 2 is 1.50 bits per heavy atom. The summed E-state index contributed by atoms with van der Waals surface area (Å²) >= 11 is 0. The Labute approximate surface area is 49.8 Å². The maximum Gasteiger partial charge on any atom is 0.0924 e. The Morgan fingerprint density at radius 1 is 1.38 bits per heavy atom. The van der Waals surface area contributed by atoms with Crippen LogP contribution in [0.2, 0.25) is 0 Å². The van der Waals surface area contributed by atoms with Crippen LogP contribution in [0.5, 0.6) is 0 Å². The summed E-state index contributed by atoms with van der Waals surface area (Å²) in [5.41, 5.74) is 0. The van der Waals surface area contributed by atoms with Crippen LogP contribution < -0.4 is 0 Å². The van der Waals surface area contributed by atoms with Gasteiger partial charge in [-0.2, -0.15) is 0 Å². The molecule has 0 heterocycles. The molecule has 2 N–H and O–H groups in total. The fraction of sp³-hybridized carbons (Fsp3) is 0. The van der Waals surface area contributed by atoms with Crippen molar-refractivity contribution in [2.75, 3.05) is 0 Å². The molecular formula is C4H10O3S. The number of hydrogen-bond donors (Lipinski definition) is 3. The molecule has 0 saturated heterocycles. The third-order valence-corrected chi connectivity index (χ3v) is 0.714. The average molecular weight is 138 g/mol. The summed E-state index contributed by atoms with van der Waals surface area (Å²) in [6, 6.07) is 0. The van der Waals surface area contributed by atoms with E-state index in [1.54, 1.807) is 0 Å². The molecule has 0 amide bonds. The third-order valence-electron chi connectivity index (χ3n) is 0.238. The molecule has 3 nitrogen and oxygen atoms in total. The largest absolute Gasteiger partial charge is 0.307 e. The molecule has 0 fully saturated rings. The smallest absolute Gasteiger partial charge is 0.0924 e. The molecule has 0 aromatic rings. The van der Waals surface area contributed by atoms with Crippen molar-refractivity contribution in [3.63, 3.8) is 0 Å². The highest BCUT2D eigenvalue weighted by atomic mass is 32.3. The molecule has 0 aliphatic heterocycles. The molecule has 0 radical (unpaired) electrons. The van der Waals surface area contributed by atoms with Gasteiger partial charge in [-0.25, -0.2) is 4.21 Å². The van der Waals surface area contributed by atoms with E-state index in [-0.39, 0.29) is 0 Å². The molecule has 8 heavy (non-hydrogen) atoms. The molecule has 4 heteroatoms. The summed E-state index contributed by atoms with van der Waals surface area (Å²) in [6.45, 7) is 8.87. The summed E-state index contributed by atoms with van der Waals surface area (Å²) in [5, 5.41) is 0.604. The van der Waals surface area contributed by atoms with Gasteiger partial charge < -0.3 is 9.11 Å². The van der Waals surface area contributed by atoms with Crippen molar-refractivity contribution in [1.29, 1.82) is 0 Å². The molecule has 0 bridgehead atoms. The normalized spacial score (nSPS) is 10.8. The van der Waals surface area contributed by atoms with Crippen LogP contribution in [0.4, 0.5) is 0 Å². The fourth-order valence-electron chi connectivity index (χ4n) is 0. The Balaban J connectivity index is 0. The standard InChI is InChI=1S/C2H6O3S.C2H4/c1-2-6(3,4)5;1-2/h2,6H,1H2,(H2,3,4,5);1-2H2. The van der Waals surface area contributed by atoms with Gasteiger partial charge in [0.1, 0.15) is 0 Å². The SMILES string of the molecule is C=C.C=C[SH](=O)(O)O. The maximum atomic E-state index is 9.58. The highest BCUT2D eigenvalue weighted by molar-refractivity contribution is 7.95. The van der Waals surface area contributed by atoms with Crippen LogP contribution in [-0.2, 0) is 10.5 Å². The van der Waals surface area contributed by atoms with Gasteiger partial charge in [0.05, 0.1) is 10.5 Å². The lowest BCUT2D eigenvalue weighted by atomic mass is 11.3. The molecule has 0 atom stereocenters. The zero-order valence-electron chi connectivity index (χ0n) is 4.45. The van der Waals surface area contributed by atoms with Crippen LogP contribution in [0.25, 0.3) is 0 Å². The van der Waals surface area contributed by atoms with Crippen molar-refractivity contribution < 1.29 is 13.3 Å². The average Bonchev–Trinajstić information content (AvgIpc) is 1.71. The second-order valence-electron chi connectivity index (χ2n) is 0.772. The Hall–Kier alpha value is -0.450. The maximum absolute atomic E-state index is 9.58. The van der Waals surface area contributed by atoms with Gasteiger partial charge in [0.2, 0.25) is 0 Å². The van der Waals surface area contributed by atoms with E-state index in [4.69, 9.17) is 9.11 Å². The van der Waals surface area contributed by atoms with Gasteiger partial charge in [-0.3, -0.25) is 0 Å². The Kier molecular flexibility index (Phi) is 6.18. The van der Waals surface area contributed by atoms with E-state index in [0.29, 0.717) is 5.41 Å². The number of thiol groups is 1. The molecule has 0 aromatic heterocycles. The van der Waals surface area contributed by atoms with Gasteiger partial charge in [-0.1, -0.05) is 6.58 Å². The zero-order valence-corrected chi connectivity index (χ0v) is 5.34. The van der Waals surface area contributed by atoms with Crippen LogP contribution in [0.15, 0.2) is 25.1 Å². The van der Waals surface area contributed by atoms with Gasteiger partial charge in [0, 0.05) is 5.41 Å². The molecule has 0 rings (SSSR count). The predicted octanol–water partition coefficient (Wildman–Crippen LogP) is 0.895. The first kappa shape index (κ1) is 10.5. The minimum Gasteiger partial charge on any atom is -0.307 e. The van der Waals surface area contributed by atoms with Gasteiger partial charge in [-0.05, 0) is 0 Å². The van der Waals surface area contributed by atoms with Crippen molar-refractivity contribution in [2.24, 2.45) is 0 Å². The molecule has 0 spiro atoms. The molecule has 0 aliphatic rings. The first-order valence-electron chi connectivity index (χ1n) is 1.75. The zero-order chi connectivity index (χ0) is 7.21. The monoisotopic (exact) mass is 138 g/mol. The molecule has 0 saturated carbocycles. The lowest BCUT2D eigenvalue weighted by Crippen LogP contribution is -1.99. The number of hydrogen-bond acceptors (Lipinski definition) is 1. The fourth-order valence-corrected chi connectivity index (χ4v) is 0. The van der Waals surface area contributed by atoms with E-state index in [2.05, 4.69) is 19.7 Å². The van der Waals surface area contributed by atoms with Gasteiger partial charge in [-0.15, -0.1) is 13.2 Å². The van der Waals surface area contributed by atoms with E-state index >= 15 is 0 Å². The van der Waals surface area contributed by atoms with Crippen molar-refractivity contribution in [3.8, 4) is 0 Å². The van der Waals surface area contributed by atoms with Crippen LogP contribution in [0, 0.1) is 0 Å². The van der Waals surface area contributed by atoms with Gasteiger partial charge in [0.25, 0.3) is 0 Å². The summed E-state index contributed by atoms with van der Waals surface area (Å²) in [5.74, 6) is 0. The second kappa shape index (κ2) is 4.70. The van der Waals surface area contributed by atoms with E-state index in [1.165, 1.54) is 0 Å². The quantitative estimate of drug-likeness (QED) is 0.372. The first-order valence-corrected chi connectivity index (χ1v) is 3.43. The highest BCUT2D eigenvalue weighted by Crippen LogP contribution is 1.86. The van der Waals surface area contributed by atoms with E-state index in [0.717, 1.165) is 0 Å². The molecule has 0 aromatic carbocycles. The van der Waals surface area contributed by atoms with E-state index in [9.17, 15) is 4.21 Å². The molecule has 0 aliphatic carbocycles. The summed E-state index contributed by atoms with van der Waals surface area (Å²) in [7, 11) is -3.88. The van der Waals surface area contributed by atoms with Crippen molar-refractivity contribution in [3.05, 3.63) is 25.1 Å². The highest BCUT2D eigenvalue weighted by Gasteiger charge is 1.87. The summed E-state index contributed by atoms with van der Waals surface area (Å²) in [4.78, 5) is 0. The van der Waals surface area contributed by atoms with Gasteiger partial charge >= 0.3 is 0 Å². The summed E-state index contributed by atoms with van der Waals surface area (Å²) in [6.07, 6.45) is 0. The van der Waals surface area contributed by atoms with Gasteiger partial charge in [0.15, 0.2) is 0 Å². The van der Waals surface area contributed by atoms with Crippen LogP contribution >= 0.6 is 0 Å². The Morgan fingerprint density at radius 3 is 1.50 bits per heavy atom. The van der Waals surface area contributed by atoms with Crippen molar-refractivity contribution >= 4 is 10.5 Å². The third kappa shape index (κ3) is 17.7. The van der Waals surface area contributed by atoms with Crippen LogP contribution in [-0.4, -0.2) is 13.3 Å². The van der Waals surface area contributed by atoms with Crippen molar-refractivity contribution in [2.45, 2.75) is 0 Å². The van der Waals surface area contributed by atoms with Crippen molar-refractivity contribution in [1.82, 2.24) is 0 Å². The van der Waals surface area contributed by atoms with Crippen LogP contribution in [0.3, 0.4) is 0 Å². The topological polar surface area (TPSA) is 57.5 Å². The molecule has 50 valence electrons. The summed E-state index contributed by atoms with van der Waals surface area (Å²) < 4.78 is 25.2. The predicted molar refractivity (Wildman–Crippen MR) is 36.2 cm³/mol.